The van der Waals surface area contributed by atoms with E-state index in [1.807, 2.05) is 36.4 Å². The third-order valence-corrected chi connectivity index (χ3v) is 8.98. The lowest BCUT2D eigenvalue weighted by Gasteiger charge is -2.44. The lowest BCUT2D eigenvalue weighted by atomic mass is 9.75. The molecule has 3 saturated heterocycles. The van der Waals surface area contributed by atoms with E-state index in [4.69, 9.17) is 4.74 Å². The monoisotopic (exact) mass is 645 g/mol. The van der Waals surface area contributed by atoms with Gasteiger partial charge in [-0.2, -0.15) is 0 Å². The summed E-state index contributed by atoms with van der Waals surface area (Å²) >= 11 is 0. The second kappa shape index (κ2) is 14.4. The molecule has 0 bridgehead atoms. The molecule has 0 aromatic heterocycles. The maximum absolute atomic E-state index is 14.9. The topological polar surface area (TPSA) is 130 Å². The summed E-state index contributed by atoms with van der Waals surface area (Å²) in [6.45, 7) is 1.41. The van der Waals surface area contributed by atoms with Crippen LogP contribution in [0.3, 0.4) is 0 Å². The van der Waals surface area contributed by atoms with Crippen LogP contribution >= 0.6 is 0 Å². The largest absolute Gasteiger partial charge is 0.361 e. The van der Waals surface area contributed by atoms with Crippen LogP contribution in [-0.4, -0.2) is 88.8 Å². The van der Waals surface area contributed by atoms with Gasteiger partial charge in [0.2, 0.25) is 11.6 Å². The summed E-state index contributed by atoms with van der Waals surface area (Å²) in [6.07, 6.45) is 12.3. The van der Waals surface area contributed by atoms with Gasteiger partial charge in [-0.1, -0.05) is 85.0 Å². The third kappa shape index (κ3) is 6.31. The Balaban J connectivity index is 1.52. The summed E-state index contributed by atoms with van der Waals surface area (Å²) in [7, 11) is 0. The van der Waals surface area contributed by atoms with Crippen molar-refractivity contribution in [1.82, 2.24) is 15.3 Å². The van der Waals surface area contributed by atoms with Gasteiger partial charge in [-0.3, -0.25) is 34.1 Å². The Bertz CT molecular complexity index is 1760. The second-order valence-corrected chi connectivity index (χ2v) is 11.9. The van der Waals surface area contributed by atoms with Crippen molar-refractivity contribution in [2.75, 3.05) is 26.2 Å². The standard InChI is InChI=1S/C38H35N3O7/c42-29(19-16-26-10-3-1-4-11-26)34-36(47)33(37-39-22-25-48-37)38(41(34)40-23-7-8-24-40,31(44)20-17-27-12-5-2-6-13-27)32(45)21-18-28-14-9-15-30(43)35(28)46/h1-6,9-21,33-34,37,39H,7-8,22-25H2. The van der Waals surface area contributed by atoms with E-state index in [9.17, 15) is 28.8 Å². The predicted octanol–water partition coefficient (Wildman–Crippen LogP) is 2.88. The molecule has 4 atom stereocenters. The summed E-state index contributed by atoms with van der Waals surface area (Å²) in [6, 6.07) is 16.6. The zero-order valence-corrected chi connectivity index (χ0v) is 26.2. The van der Waals surface area contributed by atoms with Crippen LogP contribution in [0.2, 0.25) is 0 Å². The third-order valence-electron chi connectivity index (χ3n) is 8.98. The van der Waals surface area contributed by atoms with Crippen molar-refractivity contribution in [2.45, 2.75) is 30.7 Å². The SMILES string of the molecule is O=C1C=CC=C(C=CC(=O)C2(C(=O)C=Cc3ccccc3)C(C3NCCO3)C(=O)C(C(=O)C=Cc3ccccc3)N2N2CCCC2)C1=O. The Kier molecular flexibility index (Phi) is 9.88. The van der Waals surface area contributed by atoms with Gasteiger partial charge >= 0.3 is 0 Å². The van der Waals surface area contributed by atoms with Gasteiger partial charge in [0.25, 0.3) is 0 Å². The van der Waals surface area contributed by atoms with Crippen molar-refractivity contribution in [2.24, 2.45) is 5.92 Å². The summed E-state index contributed by atoms with van der Waals surface area (Å²) in [5.41, 5.74) is -0.873. The zero-order valence-electron chi connectivity index (χ0n) is 26.2. The molecule has 4 aliphatic rings. The average Bonchev–Trinajstić information content (AvgIpc) is 3.88. The van der Waals surface area contributed by atoms with Crippen LogP contribution in [0.1, 0.15) is 24.0 Å². The first kappa shape index (κ1) is 32.9. The van der Waals surface area contributed by atoms with Gasteiger partial charge in [-0.25, -0.2) is 10.0 Å². The maximum Gasteiger partial charge on any atom is 0.232 e. The highest BCUT2D eigenvalue weighted by molar-refractivity contribution is 6.49. The van der Waals surface area contributed by atoms with Gasteiger partial charge in [0.05, 0.1) is 12.5 Å². The fraction of sp³-hybridized carbons (Fsp3) is 0.263. The first-order chi connectivity index (χ1) is 23.3. The van der Waals surface area contributed by atoms with Crippen LogP contribution in [0, 0.1) is 5.92 Å². The Hall–Kier alpha value is -5.00. The number of carbonyl (C=O) groups is 6. The quantitative estimate of drug-likeness (QED) is 0.169. The fourth-order valence-electron chi connectivity index (χ4n) is 6.74. The Labute approximate surface area is 278 Å². The first-order valence-electron chi connectivity index (χ1n) is 16.0. The van der Waals surface area contributed by atoms with Crippen LogP contribution in [0.15, 0.2) is 109 Å². The first-order valence-corrected chi connectivity index (χ1v) is 16.0. The Morgan fingerprint density at radius 3 is 2.02 bits per heavy atom. The van der Waals surface area contributed by atoms with Crippen LogP contribution in [0.5, 0.6) is 0 Å². The second-order valence-electron chi connectivity index (χ2n) is 11.9. The molecule has 48 heavy (non-hydrogen) atoms. The molecule has 3 aliphatic heterocycles. The minimum absolute atomic E-state index is 0.0412. The predicted molar refractivity (Wildman–Crippen MR) is 178 cm³/mol. The highest BCUT2D eigenvalue weighted by atomic mass is 16.5. The number of nitrogens with one attached hydrogen (secondary N) is 1. The molecule has 6 rings (SSSR count). The lowest BCUT2D eigenvalue weighted by molar-refractivity contribution is -0.164. The van der Waals surface area contributed by atoms with Crippen molar-refractivity contribution in [3.05, 3.63) is 120 Å². The van der Waals surface area contributed by atoms with Crippen LogP contribution in [-0.2, 0) is 33.5 Å². The van der Waals surface area contributed by atoms with Gasteiger partial charge in [-0.05, 0) is 54.3 Å². The van der Waals surface area contributed by atoms with Crippen LogP contribution in [0.4, 0.5) is 0 Å². The van der Waals surface area contributed by atoms with Gasteiger partial charge in [0.15, 0.2) is 28.7 Å². The van der Waals surface area contributed by atoms with Crippen molar-refractivity contribution < 1.29 is 33.5 Å². The number of benzene rings is 2. The highest BCUT2D eigenvalue weighted by Gasteiger charge is 2.70. The molecule has 2 aromatic carbocycles. The average molecular weight is 646 g/mol. The van der Waals surface area contributed by atoms with E-state index in [1.54, 1.807) is 41.4 Å². The van der Waals surface area contributed by atoms with E-state index >= 15 is 0 Å². The molecule has 10 heteroatoms. The van der Waals surface area contributed by atoms with E-state index in [2.05, 4.69) is 5.32 Å². The van der Waals surface area contributed by atoms with Crippen LogP contribution in [0.25, 0.3) is 12.2 Å². The number of Topliss-reactive ketones (excluding diaryl/α,β-unsaturated/α-hetero) is 2. The van der Waals surface area contributed by atoms with Crippen LogP contribution < -0.4 is 5.32 Å². The number of hydrogen-bond donors (Lipinski definition) is 1. The van der Waals surface area contributed by atoms with E-state index in [0.29, 0.717) is 25.2 Å². The highest BCUT2D eigenvalue weighted by Crippen LogP contribution is 2.45. The molecule has 4 unspecified atom stereocenters. The molecule has 1 aliphatic carbocycles. The van der Waals surface area contributed by atoms with E-state index < -0.39 is 58.4 Å². The number of allylic oxidation sites excluding steroid dienone is 5. The number of hydrogen-bond acceptors (Lipinski definition) is 10. The molecule has 10 nitrogen and oxygen atoms in total. The molecule has 3 fully saturated rings. The molecule has 0 amide bonds. The molecule has 2 aromatic rings. The van der Waals surface area contributed by atoms with Gasteiger partial charge in [-0.15, -0.1) is 0 Å². The summed E-state index contributed by atoms with van der Waals surface area (Å²) in [5.74, 6) is -5.72. The smallest absolute Gasteiger partial charge is 0.232 e. The van der Waals surface area contributed by atoms with E-state index in [-0.39, 0.29) is 12.2 Å². The Morgan fingerprint density at radius 2 is 1.42 bits per heavy atom. The number of ether oxygens (including phenoxy) is 1. The number of nitrogens with zero attached hydrogens (tertiary/aromatic N) is 2. The summed E-state index contributed by atoms with van der Waals surface area (Å²) < 4.78 is 5.94. The van der Waals surface area contributed by atoms with Crippen molar-refractivity contribution in [3.8, 4) is 0 Å². The normalized spacial score (nSPS) is 26.8. The minimum atomic E-state index is -2.26. The maximum atomic E-state index is 14.9. The lowest BCUT2D eigenvalue weighted by Crippen LogP contribution is -2.68. The molecule has 0 saturated carbocycles. The van der Waals surface area contributed by atoms with Crippen molar-refractivity contribution in [1.29, 1.82) is 0 Å². The number of ketones is 6. The summed E-state index contributed by atoms with van der Waals surface area (Å²) in [4.78, 5) is 83.3. The number of rotatable bonds is 11. The zero-order chi connectivity index (χ0) is 33.7. The molecule has 244 valence electrons. The van der Waals surface area contributed by atoms with Gasteiger partial charge < -0.3 is 4.74 Å². The molecule has 0 radical (unpaired) electrons. The van der Waals surface area contributed by atoms with Crippen molar-refractivity contribution in [3.63, 3.8) is 0 Å². The molecule has 3 heterocycles. The molecular formula is C38H35N3O7. The van der Waals surface area contributed by atoms with E-state index in [1.165, 1.54) is 35.4 Å². The minimum Gasteiger partial charge on any atom is -0.361 e. The number of hydrazine groups is 1. The molecule has 0 spiro atoms. The van der Waals surface area contributed by atoms with Gasteiger partial charge in [0.1, 0.15) is 12.3 Å². The fourth-order valence-corrected chi connectivity index (χ4v) is 6.74. The van der Waals surface area contributed by atoms with Crippen molar-refractivity contribution >= 4 is 46.9 Å². The molecule has 1 N–H and O–H groups in total. The van der Waals surface area contributed by atoms with E-state index in [0.717, 1.165) is 30.6 Å². The molecular weight excluding hydrogens is 610 g/mol. The summed E-state index contributed by atoms with van der Waals surface area (Å²) in [5, 5.41) is 6.27. The van der Waals surface area contributed by atoms with Gasteiger partial charge in [0, 0.05) is 25.2 Å². The number of carbonyl (C=O) groups excluding carboxylic acids is 6. The Morgan fingerprint density at radius 1 is 0.812 bits per heavy atom.